The molecule has 1 N–H and O–H groups in total. The van der Waals surface area contributed by atoms with Crippen molar-refractivity contribution in [2.45, 2.75) is 32.3 Å². The maximum Gasteiger partial charge on any atom is 0.142 e. The Kier molecular flexibility index (Phi) is 3.02. The summed E-state index contributed by atoms with van der Waals surface area (Å²) in [6.45, 7) is 5.65. The summed E-state index contributed by atoms with van der Waals surface area (Å²) in [5, 5.41) is 3.25. The molecular weight excluding hydrogens is 152 g/mol. The molecule has 66 valence electrons. The first-order chi connectivity index (χ1) is 5.77. The predicted octanol–water partition coefficient (Wildman–Crippen LogP) is 3.00. The van der Waals surface area contributed by atoms with Gasteiger partial charge in [-0.05, 0) is 25.3 Å². The minimum Gasteiger partial charge on any atom is -0.488 e. The zero-order valence-electron chi connectivity index (χ0n) is 7.34. The molecule has 0 aliphatic heterocycles. The van der Waals surface area contributed by atoms with Crippen LogP contribution in [0.2, 0.25) is 0 Å². The van der Waals surface area contributed by atoms with Crippen LogP contribution < -0.4 is 0 Å². The highest BCUT2D eigenvalue weighted by atomic mass is 16.5. The summed E-state index contributed by atoms with van der Waals surface area (Å²) in [5.74, 6) is 0.676. The molecule has 0 amide bonds. The Labute approximate surface area is 72.6 Å². The van der Waals surface area contributed by atoms with Gasteiger partial charge < -0.3 is 4.74 Å². The molecule has 3 nitrogen and oxygen atoms in total. The lowest BCUT2D eigenvalue weighted by molar-refractivity contribution is 0.202. The van der Waals surface area contributed by atoms with E-state index in [1.165, 1.54) is 0 Å². The summed E-state index contributed by atoms with van der Waals surface area (Å²) >= 11 is 0. The van der Waals surface area contributed by atoms with E-state index in [0.717, 1.165) is 19.3 Å². The fourth-order valence-electron chi connectivity index (χ4n) is 0.840. The van der Waals surface area contributed by atoms with Crippen LogP contribution in [0.4, 0.5) is 0 Å². The van der Waals surface area contributed by atoms with E-state index < -0.39 is 0 Å². The summed E-state index contributed by atoms with van der Waals surface area (Å²) in [4.78, 5) is 0. The number of allylic oxidation sites excluding steroid dienone is 1. The van der Waals surface area contributed by atoms with Gasteiger partial charge in [-0.1, -0.05) is 13.5 Å². The van der Waals surface area contributed by atoms with Crippen LogP contribution in [0.15, 0.2) is 29.2 Å². The van der Waals surface area contributed by atoms with E-state index in [-0.39, 0.29) is 0 Å². The second-order valence-corrected chi connectivity index (χ2v) is 2.85. The number of nitrogens with zero attached hydrogens (tertiary/aromatic N) is 1. The summed E-state index contributed by atoms with van der Waals surface area (Å²) in [7, 11) is 0. The topological polar surface area (TPSA) is 45.4 Å². The van der Waals surface area contributed by atoms with Gasteiger partial charge in [-0.15, -0.1) is 0 Å². The highest BCUT2D eigenvalue weighted by molar-refractivity contribution is 5.20. The van der Waals surface area contributed by atoms with Crippen LogP contribution in [0.25, 0.3) is 0 Å². The molecule has 3 heteroatoms. The maximum absolute atomic E-state index is 6.79. The van der Waals surface area contributed by atoms with Gasteiger partial charge in [-0.3, -0.25) is 0 Å². The molecule has 0 heterocycles. The number of hydrogen-bond donors (Lipinski definition) is 1. The van der Waals surface area contributed by atoms with Gasteiger partial charge >= 0.3 is 0 Å². The van der Waals surface area contributed by atoms with Crippen molar-refractivity contribution in [3.63, 3.8) is 0 Å². The third-order valence-electron chi connectivity index (χ3n) is 1.63. The van der Waals surface area contributed by atoms with Gasteiger partial charge in [-0.2, -0.15) is 5.11 Å². The molecule has 0 aromatic rings. The smallest absolute Gasteiger partial charge is 0.142 e. The number of nitrogens with one attached hydrogen (secondary N) is 1. The third-order valence-corrected chi connectivity index (χ3v) is 1.63. The van der Waals surface area contributed by atoms with Crippen molar-refractivity contribution in [1.82, 2.24) is 0 Å². The van der Waals surface area contributed by atoms with E-state index in [9.17, 15) is 0 Å². The van der Waals surface area contributed by atoms with Crippen molar-refractivity contribution in [2.75, 3.05) is 0 Å². The largest absolute Gasteiger partial charge is 0.488 e. The van der Waals surface area contributed by atoms with Crippen LogP contribution in [-0.2, 0) is 4.74 Å². The summed E-state index contributed by atoms with van der Waals surface area (Å²) in [5.41, 5.74) is 7.21. The zero-order valence-corrected chi connectivity index (χ0v) is 7.34. The Morgan fingerprint density at radius 2 is 2.42 bits per heavy atom. The number of hydrogen-bond acceptors (Lipinski definition) is 3. The number of ether oxygens (including phenoxy) is 1. The molecule has 0 bridgehead atoms. The average molecular weight is 166 g/mol. The van der Waals surface area contributed by atoms with Gasteiger partial charge in [0.1, 0.15) is 11.5 Å². The van der Waals surface area contributed by atoms with Crippen LogP contribution in [0, 0.1) is 5.53 Å². The Morgan fingerprint density at radius 3 is 2.83 bits per heavy atom. The summed E-state index contributed by atoms with van der Waals surface area (Å²) < 4.78 is 5.50. The molecule has 1 saturated carbocycles. The fourth-order valence-corrected chi connectivity index (χ4v) is 0.840. The first-order valence-electron chi connectivity index (χ1n) is 4.21. The van der Waals surface area contributed by atoms with Gasteiger partial charge in [0.2, 0.25) is 0 Å². The highest BCUT2D eigenvalue weighted by Crippen LogP contribution is 2.28. The van der Waals surface area contributed by atoms with Crippen molar-refractivity contribution in [3.05, 3.63) is 24.1 Å². The maximum atomic E-state index is 6.79. The normalized spacial score (nSPS) is 17.2. The standard InChI is InChI=1S/C9H14N2O/c1-3-4-9(7(2)11-10)12-8-5-6-8/h4,8,10H,2-3,5-6H2,1H3/b9-4+,11-10?. The quantitative estimate of drug-likeness (QED) is 0.381. The van der Waals surface area contributed by atoms with Crippen LogP contribution in [0.1, 0.15) is 26.2 Å². The molecule has 1 rings (SSSR count). The Hall–Kier alpha value is -1.12. The van der Waals surface area contributed by atoms with Crippen molar-refractivity contribution >= 4 is 0 Å². The fraction of sp³-hybridized carbons (Fsp3) is 0.556. The van der Waals surface area contributed by atoms with Crippen LogP contribution in [0.3, 0.4) is 0 Å². The minimum absolute atomic E-state index is 0.348. The Morgan fingerprint density at radius 1 is 1.75 bits per heavy atom. The molecule has 12 heavy (non-hydrogen) atoms. The first kappa shape index (κ1) is 8.97. The molecule has 0 aromatic carbocycles. The van der Waals surface area contributed by atoms with E-state index in [0.29, 0.717) is 17.6 Å². The van der Waals surface area contributed by atoms with E-state index in [4.69, 9.17) is 10.3 Å². The second kappa shape index (κ2) is 4.04. The molecule has 1 aliphatic carbocycles. The molecule has 1 fully saturated rings. The second-order valence-electron chi connectivity index (χ2n) is 2.85. The molecular formula is C9H14N2O. The molecule has 0 unspecified atom stereocenters. The van der Waals surface area contributed by atoms with E-state index in [2.05, 4.69) is 11.7 Å². The van der Waals surface area contributed by atoms with Crippen molar-refractivity contribution in [3.8, 4) is 0 Å². The lowest BCUT2D eigenvalue weighted by Crippen LogP contribution is -1.95. The van der Waals surface area contributed by atoms with Crippen LogP contribution in [-0.4, -0.2) is 6.10 Å². The first-order valence-corrected chi connectivity index (χ1v) is 4.21. The molecule has 1 aliphatic rings. The van der Waals surface area contributed by atoms with Gasteiger partial charge in [0.15, 0.2) is 0 Å². The SMILES string of the molecule is C=C(N=N)/C(=C\CC)OC1CC1. The predicted molar refractivity (Wildman–Crippen MR) is 46.8 cm³/mol. The van der Waals surface area contributed by atoms with Crippen LogP contribution >= 0.6 is 0 Å². The number of rotatable bonds is 5. The molecule has 0 saturated heterocycles. The monoisotopic (exact) mass is 166 g/mol. The van der Waals surface area contributed by atoms with Crippen molar-refractivity contribution < 1.29 is 4.74 Å². The lowest BCUT2D eigenvalue weighted by atomic mass is 10.3. The van der Waals surface area contributed by atoms with E-state index in [1.54, 1.807) is 0 Å². The van der Waals surface area contributed by atoms with Crippen molar-refractivity contribution in [1.29, 1.82) is 5.53 Å². The van der Waals surface area contributed by atoms with Gasteiger partial charge in [0.05, 0.1) is 6.10 Å². The molecule has 0 radical (unpaired) electrons. The Balaban J connectivity index is 2.52. The van der Waals surface area contributed by atoms with E-state index in [1.807, 2.05) is 13.0 Å². The van der Waals surface area contributed by atoms with E-state index >= 15 is 0 Å². The third kappa shape index (κ3) is 2.49. The van der Waals surface area contributed by atoms with Gasteiger partial charge in [0.25, 0.3) is 0 Å². The molecule has 0 aromatic heterocycles. The van der Waals surface area contributed by atoms with Gasteiger partial charge in [-0.25, -0.2) is 5.53 Å². The van der Waals surface area contributed by atoms with Gasteiger partial charge in [0, 0.05) is 0 Å². The van der Waals surface area contributed by atoms with Crippen LogP contribution in [0.5, 0.6) is 0 Å². The van der Waals surface area contributed by atoms with Crippen molar-refractivity contribution in [2.24, 2.45) is 5.11 Å². The lowest BCUT2D eigenvalue weighted by Gasteiger charge is -2.07. The Bertz CT molecular complexity index is 217. The average Bonchev–Trinajstić information content (AvgIpc) is 2.86. The zero-order chi connectivity index (χ0) is 8.97. The summed E-state index contributed by atoms with van der Waals surface area (Å²) in [6.07, 6.45) is 5.38. The summed E-state index contributed by atoms with van der Waals surface area (Å²) in [6, 6.07) is 0. The molecule has 0 spiro atoms. The highest BCUT2D eigenvalue weighted by Gasteiger charge is 2.24. The molecule has 0 atom stereocenters. The minimum atomic E-state index is 0.348.